The molecule has 146 valence electrons. The van der Waals surface area contributed by atoms with Gasteiger partial charge in [-0.15, -0.1) is 0 Å². The topological polar surface area (TPSA) is 123 Å². The lowest BCUT2D eigenvalue weighted by molar-refractivity contribution is -0.384. The zero-order valence-electron chi connectivity index (χ0n) is 14.9. The molecule has 1 aromatic heterocycles. The molecule has 1 heterocycles. The Morgan fingerprint density at radius 2 is 2.04 bits per heavy atom. The van der Waals surface area contributed by atoms with Crippen LogP contribution in [0.2, 0.25) is 0 Å². The van der Waals surface area contributed by atoms with Gasteiger partial charge in [0, 0.05) is 31.3 Å². The quantitative estimate of drug-likeness (QED) is 0.483. The molecule has 0 aliphatic heterocycles. The van der Waals surface area contributed by atoms with E-state index in [4.69, 9.17) is 0 Å². The minimum atomic E-state index is -3.59. The third kappa shape index (κ3) is 3.86. The first kappa shape index (κ1) is 19.9. The molecule has 0 spiro atoms. The highest BCUT2D eigenvalue weighted by Gasteiger charge is 2.20. The van der Waals surface area contributed by atoms with Crippen molar-refractivity contribution in [3.05, 3.63) is 58.1 Å². The maximum Gasteiger partial charge on any atom is 0.270 e. The number of thiazole rings is 1. The Kier molecular flexibility index (Phi) is 5.40. The van der Waals surface area contributed by atoms with Crippen LogP contribution in [0.4, 0.5) is 10.8 Å². The SMILES string of the molecule is CCN(C)S(=O)(=O)c1ccc2nc(NC(=O)c3cccc([N+](=O)[O-])c3)sc2c1. The van der Waals surface area contributed by atoms with E-state index in [0.29, 0.717) is 16.8 Å². The fourth-order valence-corrected chi connectivity index (χ4v) is 4.58. The molecule has 0 saturated carbocycles. The lowest BCUT2D eigenvalue weighted by Crippen LogP contribution is -2.26. The third-order valence-corrected chi connectivity index (χ3v) is 6.92. The molecule has 9 nitrogen and oxygen atoms in total. The number of carbonyl (C=O) groups is 1. The predicted molar refractivity (Wildman–Crippen MR) is 106 cm³/mol. The molecule has 0 aliphatic rings. The van der Waals surface area contributed by atoms with Crippen molar-refractivity contribution in [1.82, 2.24) is 9.29 Å². The van der Waals surface area contributed by atoms with E-state index in [2.05, 4.69) is 10.3 Å². The minimum absolute atomic E-state index is 0.126. The summed E-state index contributed by atoms with van der Waals surface area (Å²) in [5.74, 6) is -0.540. The average molecular weight is 420 g/mol. The number of hydrogen-bond acceptors (Lipinski definition) is 7. The van der Waals surface area contributed by atoms with E-state index < -0.39 is 20.9 Å². The molecule has 3 aromatic rings. The number of aromatic nitrogens is 1. The summed E-state index contributed by atoms with van der Waals surface area (Å²) >= 11 is 1.12. The molecular weight excluding hydrogens is 404 g/mol. The molecule has 3 rings (SSSR count). The monoisotopic (exact) mass is 420 g/mol. The van der Waals surface area contributed by atoms with E-state index in [1.807, 2.05) is 0 Å². The van der Waals surface area contributed by atoms with Gasteiger partial charge in [-0.05, 0) is 24.3 Å². The van der Waals surface area contributed by atoms with Gasteiger partial charge in [-0.3, -0.25) is 20.2 Å². The lowest BCUT2D eigenvalue weighted by atomic mass is 10.2. The van der Waals surface area contributed by atoms with E-state index in [-0.39, 0.29) is 21.3 Å². The maximum atomic E-state index is 12.4. The number of rotatable bonds is 6. The van der Waals surface area contributed by atoms with Gasteiger partial charge in [-0.25, -0.2) is 17.7 Å². The summed E-state index contributed by atoms with van der Waals surface area (Å²) in [4.78, 5) is 27.0. The van der Waals surface area contributed by atoms with Crippen molar-refractivity contribution in [2.45, 2.75) is 11.8 Å². The zero-order valence-corrected chi connectivity index (χ0v) is 16.6. The lowest BCUT2D eigenvalue weighted by Gasteiger charge is -2.14. The molecule has 0 saturated heterocycles. The van der Waals surface area contributed by atoms with E-state index in [1.165, 1.54) is 47.8 Å². The zero-order chi connectivity index (χ0) is 20.5. The second-order valence-corrected chi connectivity index (χ2v) is 8.90. The molecule has 1 amide bonds. The Morgan fingerprint density at radius 3 is 2.71 bits per heavy atom. The summed E-state index contributed by atoms with van der Waals surface area (Å²) in [7, 11) is -2.09. The van der Waals surface area contributed by atoms with Crippen LogP contribution >= 0.6 is 11.3 Å². The maximum absolute atomic E-state index is 12.4. The van der Waals surface area contributed by atoms with Crippen molar-refractivity contribution >= 4 is 48.3 Å². The number of carbonyl (C=O) groups excluding carboxylic acids is 1. The van der Waals surface area contributed by atoms with Crippen molar-refractivity contribution in [2.75, 3.05) is 18.9 Å². The molecule has 0 unspecified atom stereocenters. The highest BCUT2D eigenvalue weighted by Crippen LogP contribution is 2.29. The molecule has 0 aliphatic carbocycles. The largest absolute Gasteiger partial charge is 0.298 e. The van der Waals surface area contributed by atoms with Crippen LogP contribution in [0.3, 0.4) is 0 Å². The summed E-state index contributed by atoms with van der Waals surface area (Å²) < 4.78 is 26.7. The summed E-state index contributed by atoms with van der Waals surface area (Å²) in [6.07, 6.45) is 0. The van der Waals surface area contributed by atoms with Crippen LogP contribution < -0.4 is 5.32 Å². The Hall–Kier alpha value is -2.89. The number of non-ortho nitro benzene ring substituents is 1. The number of hydrogen-bond donors (Lipinski definition) is 1. The molecule has 11 heteroatoms. The predicted octanol–water partition coefficient (Wildman–Crippen LogP) is 3.10. The van der Waals surface area contributed by atoms with E-state index in [9.17, 15) is 23.3 Å². The Labute approximate surface area is 164 Å². The van der Waals surface area contributed by atoms with Gasteiger partial charge in [-0.2, -0.15) is 0 Å². The Morgan fingerprint density at radius 1 is 1.29 bits per heavy atom. The van der Waals surface area contributed by atoms with Crippen LogP contribution in [0.15, 0.2) is 47.4 Å². The van der Waals surface area contributed by atoms with Gasteiger partial charge in [0.1, 0.15) is 0 Å². The number of nitro benzene ring substituents is 1. The van der Waals surface area contributed by atoms with Gasteiger partial charge in [-0.1, -0.05) is 24.3 Å². The Balaban J connectivity index is 1.88. The third-order valence-electron chi connectivity index (χ3n) is 4.05. The van der Waals surface area contributed by atoms with E-state index >= 15 is 0 Å². The van der Waals surface area contributed by atoms with Crippen LogP contribution in [0.5, 0.6) is 0 Å². The number of nitrogens with one attached hydrogen (secondary N) is 1. The van der Waals surface area contributed by atoms with Crippen LogP contribution in [-0.2, 0) is 10.0 Å². The van der Waals surface area contributed by atoms with Crippen molar-refractivity contribution < 1.29 is 18.1 Å². The summed E-state index contributed by atoms with van der Waals surface area (Å²) in [5.41, 5.74) is 0.477. The van der Waals surface area contributed by atoms with Crippen molar-refractivity contribution in [3.8, 4) is 0 Å². The standard InChI is InChI=1S/C17H16N4O5S2/c1-3-20(2)28(25,26)13-7-8-14-15(10-13)27-17(18-14)19-16(22)11-5-4-6-12(9-11)21(23)24/h4-10H,3H2,1-2H3,(H,18,19,22). The number of benzene rings is 2. The first-order valence-electron chi connectivity index (χ1n) is 8.15. The van der Waals surface area contributed by atoms with Crippen molar-refractivity contribution in [1.29, 1.82) is 0 Å². The summed E-state index contributed by atoms with van der Waals surface area (Å²) in [5, 5.41) is 13.7. The second-order valence-electron chi connectivity index (χ2n) is 5.83. The summed E-state index contributed by atoms with van der Waals surface area (Å²) in [6.45, 7) is 2.08. The normalized spacial score (nSPS) is 11.7. The second kappa shape index (κ2) is 7.62. The van der Waals surface area contributed by atoms with Crippen LogP contribution in [0, 0.1) is 10.1 Å². The highest BCUT2D eigenvalue weighted by molar-refractivity contribution is 7.89. The van der Waals surface area contributed by atoms with Gasteiger partial charge >= 0.3 is 0 Å². The number of fused-ring (bicyclic) bond motifs is 1. The smallest absolute Gasteiger partial charge is 0.270 e. The van der Waals surface area contributed by atoms with E-state index in [1.54, 1.807) is 13.0 Å². The van der Waals surface area contributed by atoms with Gasteiger partial charge in [0.05, 0.1) is 20.0 Å². The summed E-state index contributed by atoms with van der Waals surface area (Å²) in [6, 6.07) is 9.91. The minimum Gasteiger partial charge on any atom is -0.298 e. The van der Waals surface area contributed by atoms with Gasteiger partial charge in [0.2, 0.25) is 10.0 Å². The Bertz CT molecular complexity index is 1170. The van der Waals surface area contributed by atoms with Gasteiger partial charge in [0.15, 0.2) is 5.13 Å². The molecular formula is C17H16N4O5S2. The van der Waals surface area contributed by atoms with Gasteiger partial charge in [0.25, 0.3) is 11.6 Å². The number of amides is 1. The van der Waals surface area contributed by atoms with Crippen LogP contribution in [0.1, 0.15) is 17.3 Å². The fourth-order valence-electron chi connectivity index (χ4n) is 2.40. The number of sulfonamides is 1. The van der Waals surface area contributed by atoms with Crippen molar-refractivity contribution in [3.63, 3.8) is 0 Å². The fraction of sp³-hybridized carbons (Fsp3) is 0.176. The molecule has 1 N–H and O–H groups in total. The first-order chi connectivity index (χ1) is 13.2. The molecule has 0 fully saturated rings. The van der Waals surface area contributed by atoms with Crippen LogP contribution in [0.25, 0.3) is 10.2 Å². The van der Waals surface area contributed by atoms with Crippen LogP contribution in [-0.4, -0.2) is 42.1 Å². The van der Waals surface area contributed by atoms with Gasteiger partial charge < -0.3 is 0 Å². The van der Waals surface area contributed by atoms with Crippen molar-refractivity contribution in [2.24, 2.45) is 0 Å². The number of anilines is 1. The molecule has 0 bridgehead atoms. The molecule has 28 heavy (non-hydrogen) atoms. The number of nitro groups is 1. The number of nitrogens with zero attached hydrogens (tertiary/aromatic N) is 3. The molecule has 0 atom stereocenters. The van der Waals surface area contributed by atoms with E-state index in [0.717, 1.165) is 11.3 Å². The molecule has 2 aromatic carbocycles. The molecule has 0 radical (unpaired) electrons. The first-order valence-corrected chi connectivity index (χ1v) is 10.4. The highest BCUT2D eigenvalue weighted by atomic mass is 32.2. The average Bonchev–Trinajstić information content (AvgIpc) is 3.08.